The van der Waals surface area contributed by atoms with Crippen LogP contribution in [0.2, 0.25) is 0 Å². The van der Waals surface area contributed by atoms with E-state index in [0.29, 0.717) is 5.56 Å². The van der Waals surface area contributed by atoms with Crippen LogP contribution < -0.4 is 5.32 Å². The molecule has 0 saturated heterocycles. The third-order valence-electron chi connectivity index (χ3n) is 2.78. The van der Waals surface area contributed by atoms with Gasteiger partial charge in [-0.3, -0.25) is 4.79 Å². The highest BCUT2D eigenvalue weighted by molar-refractivity contribution is 9.10. The summed E-state index contributed by atoms with van der Waals surface area (Å²) < 4.78 is 13.6. The van der Waals surface area contributed by atoms with Gasteiger partial charge < -0.3 is 5.32 Å². The van der Waals surface area contributed by atoms with Gasteiger partial charge in [0.05, 0.1) is 5.69 Å². The Morgan fingerprint density at radius 2 is 1.79 bits per heavy atom. The summed E-state index contributed by atoms with van der Waals surface area (Å²) in [6, 6.07) is 9.39. The first kappa shape index (κ1) is 13.7. The number of benzene rings is 2. The van der Waals surface area contributed by atoms with Crippen LogP contribution in [-0.4, -0.2) is 5.91 Å². The molecule has 1 amide bonds. The van der Waals surface area contributed by atoms with Crippen LogP contribution in [0, 0.1) is 19.7 Å². The summed E-state index contributed by atoms with van der Waals surface area (Å²) in [5.74, 6) is -0.614. The van der Waals surface area contributed by atoms with Gasteiger partial charge in [-0.25, -0.2) is 4.39 Å². The first-order chi connectivity index (χ1) is 8.97. The minimum atomic E-state index is -0.357. The maximum Gasteiger partial charge on any atom is 0.255 e. The molecule has 0 atom stereocenters. The smallest absolute Gasteiger partial charge is 0.255 e. The Hall–Kier alpha value is -1.68. The predicted molar refractivity (Wildman–Crippen MR) is 78.0 cm³/mol. The van der Waals surface area contributed by atoms with Crippen molar-refractivity contribution >= 4 is 27.5 Å². The van der Waals surface area contributed by atoms with Crippen molar-refractivity contribution in [3.63, 3.8) is 0 Å². The molecule has 0 unspecified atom stereocenters. The second kappa shape index (κ2) is 5.53. The van der Waals surface area contributed by atoms with Crippen LogP contribution in [0.3, 0.4) is 0 Å². The van der Waals surface area contributed by atoms with Gasteiger partial charge in [-0.05, 0) is 71.2 Å². The molecule has 0 spiro atoms. The van der Waals surface area contributed by atoms with Crippen molar-refractivity contribution in [2.75, 3.05) is 5.32 Å². The van der Waals surface area contributed by atoms with Crippen LogP contribution in [0.25, 0.3) is 0 Å². The number of halogens is 2. The van der Waals surface area contributed by atoms with Crippen molar-refractivity contribution in [3.8, 4) is 0 Å². The van der Waals surface area contributed by atoms with Gasteiger partial charge in [0.2, 0.25) is 0 Å². The van der Waals surface area contributed by atoms with Gasteiger partial charge in [0.25, 0.3) is 5.91 Å². The average molecular weight is 322 g/mol. The first-order valence-corrected chi connectivity index (χ1v) is 6.60. The Bertz CT molecular complexity index is 600. The van der Waals surface area contributed by atoms with Crippen molar-refractivity contribution in [2.24, 2.45) is 0 Å². The van der Waals surface area contributed by atoms with Crippen LogP contribution in [0.4, 0.5) is 10.1 Å². The molecule has 0 aromatic heterocycles. The normalized spacial score (nSPS) is 10.3. The molecular formula is C15H13BrFNO. The molecule has 0 heterocycles. The Morgan fingerprint density at radius 3 is 2.37 bits per heavy atom. The summed E-state index contributed by atoms with van der Waals surface area (Å²) in [5.41, 5.74) is 3.25. The van der Waals surface area contributed by atoms with Crippen molar-refractivity contribution in [2.45, 2.75) is 13.8 Å². The number of aryl methyl sites for hydroxylation is 2. The molecule has 2 aromatic carbocycles. The largest absolute Gasteiger partial charge is 0.321 e. The molecule has 0 aliphatic heterocycles. The van der Waals surface area contributed by atoms with Crippen LogP contribution in [-0.2, 0) is 0 Å². The lowest BCUT2D eigenvalue weighted by Crippen LogP contribution is -2.13. The maximum atomic E-state index is 12.8. The summed E-state index contributed by atoms with van der Waals surface area (Å²) in [6.45, 7) is 3.92. The lowest BCUT2D eigenvalue weighted by atomic mass is 10.1. The molecular weight excluding hydrogens is 309 g/mol. The van der Waals surface area contributed by atoms with Crippen LogP contribution >= 0.6 is 15.9 Å². The highest BCUT2D eigenvalue weighted by atomic mass is 79.9. The van der Waals surface area contributed by atoms with Crippen molar-refractivity contribution in [3.05, 3.63) is 63.4 Å². The van der Waals surface area contributed by atoms with E-state index in [9.17, 15) is 9.18 Å². The van der Waals surface area contributed by atoms with E-state index in [0.717, 1.165) is 21.3 Å². The fourth-order valence-corrected chi connectivity index (χ4v) is 2.63. The van der Waals surface area contributed by atoms with E-state index < -0.39 is 0 Å². The van der Waals surface area contributed by atoms with Crippen LogP contribution in [0.1, 0.15) is 21.5 Å². The zero-order valence-electron chi connectivity index (χ0n) is 10.6. The molecule has 1 N–H and O–H groups in total. The summed E-state index contributed by atoms with van der Waals surface area (Å²) in [6.07, 6.45) is 0. The van der Waals surface area contributed by atoms with E-state index in [-0.39, 0.29) is 11.7 Å². The fraction of sp³-hybridized carbons (Fsp3) is 0.133. The Balaban J connectivity index is 2.26. The molecule has 0 radical (unpaired) electrons. The van der Waals surface area contributed by atoms with E-state index in [2.05, 4.69) is 21.2 Å². The third-order valence-corrected chi connectivity index (χ3v) is 3.40. The molecule has 0 bridgehead atoms. The number of nitrogens with one attached hydrogen (secondary N) is 1. The molecule has 2 rings (SSSR count). The maximum absolute atomic E-state index is 12.8. The van der Waals surface area contributed by atoms with Gasteiger partial charge in [0.15, 0.2) is 0 Å². The molecule has 0 aliphatic carbocycles. The first-order valence-electron chi connectivity index (χ1n) is 5.81. The quantitative estimate of drug-likeness (QED) is 0.869. The molecule has 2 nitrogen and oxygen atoms in total. The summed E-state index contributed by atoms with van der Waals surface area (Å²) >= 11 is 3.44. The van der Waals surface area contributed by atoms with Crippen LogP contribution in [0.15, 0.2) is 40.9 Å². The third kappa shape index (κ3) is 3.20. The van der Waals surface area contributed by atoms with E-state index in [1.807, 2.05) is 26.0 Å². The lowest BCUT2D eigenvalue weighted by Gasteiger charge is -2.11. The monoisotopic (exact) mass is 321 g/mol. The summed E-state index contributed by atoms with van der Waals surface area (Å²) in [5, 5.41) is 2.83. The van der Waals surface area contributed by atoms with E-state index in [4.69, 9.17) is 0 Å². The average Bonchev–Trinajstić information content (AvgIpc) is 2.34. The van der Waals surface area contributed by atoms with Crippen molar-refractivity contribution < 1.29 is 9.18 Å². The molecule has 98 valence electrons. The van der Waals surface area contributed by atoms with Gasteiger partial charge >= 0.3 is 0 Å². The van der Waals surface area contributed by atoms with Gasteiger partial charge in [0, 0.05) is 10.0 Å². The number of hydrogen-bond acceptors (Lipinski definition) is 1. The van der Waals surface area contributed by atoms with Gasteiger partial charge in [-0.1, -0.05) is 6.07 Å². The standard InChI is InChI=1S/C15H13BrFNO/c1-9-7-10(2)14(13(16)8-9)18-15(19)11-3-5-12(17)6-4-11/h3-8H,1-2H3,(H,18,19). The molecule has 0 saturated carbocycles. The zero-order valence-corrected chi connectivity index (χ0v) is 12.2. The lowest BCUT2D eigenvalue weighted by molar-refractivity contribution is 0.102. The summed E-state index contributed by atoms with van der Waals surface area (Å²) in [4.78, 5) is 12.1. The SMILES string of the molecule is Cc1cc(C)c(NC(=O)c2ccc(F)cc2)c(Br)c1. The number of anilines is 1. The number of rotatable bonds is 2. The minimum Gasteiger partial charge on any atom is -0.321 e. The number of amides is 1. The van der Waals surface area contributed by atoms with Gasteiger partial charge in [-0.15, -0.1) is 0 Å². The molecule has 2 aromatic rings. The molecule has 19 heavy (non-hydrogen) atoms. The van der Waals surface area contributed by atoms with E-state index >= 15 is 0 Å². The van der Waals surface area contributed by atoms with Crippen molar-refractivity contribution in [1.29, 1.82) is 0 Å². The number of hydrogen-bond donors (Lipinski definition) is 1. The van der Waals surface area contributed by atoms with Gasteiger partial charge in [0.1, 0.15) is 5.82 Å². The minimum absolute atomic E-state index is 0.257. The highest BCUT2D eigenvalue weighted by Crippen LogP contribution is 2.28. The van der Waals surface area contributed by atoms with Gasteiger partial charge in [-0.2, -0.15) is 0 Å². The summed E-state index contributed by atoms with van der Waals surface area (Å²) in [7, 11) is 0. The van der Waals surface area contributed by atoms with Crippen molar-refractivity contribution in [1.82, 2.24) is 0 Å². The Kier molecular flexibility index (Phi) is 4.00. The molecule has 4 heteroatoms. The van der Waals surface area contributed by atoms with E-state index in [1.54, 1.807) is 0 Å². The second-order valence-electron chi connectivity index (χ2n) is 4.40. The number of carbonyl (C=O) groups excluding carboxylic acids is 1. The molecule has 0 aliphatic rings. The topological polar surface area (TPSA) is 29.1 Å². The number of carbonyl (C=O) groups is 1. The Labute approximate surface area is 119 Å². The highest BCUT2D eigenvalue weighted by Gasteiger charge is 2.11. The van der Waals surface area contributed by atoms with E-state index in [1.165, 1.54) is 24.3 Å². The second-order valence-corrected chi connectivity index (χ2v) is 5.25. The predicted octanol–water partition coefficient (Wildman–Crippen LogP) is 4.46. The van der Waals surface area contributed by atoms with Crippen LogP contribution in [0.5, 0.6) is 0 Å². The molecule has 0 fully saturated rings. The zero-order chi connectivity index (χ0) is 14.0. The fourth-order valence-electron chi connectivity index (χ4n) is 1.86. The Morgan fingerprint density at radius 1 is 1.16 bits per heavy atom.